The molecule has 1 aromatic rings. The Balaban J connectivity index is 2.01. The Kier molecular flexibility index (Phi) is 3.47. The molecule has 1 unspecified atom stereocenters. The number of nitrogens with two attached hydrogens (primary N) is 1. The van der Waals surface area contributed by atoms with E-state index in [0.29, 0.717) is 19.4 Å². The molecule has 6 nitrogen and oxygen atoms in total. The minimum absolute atomic E-state index is 0.00646. The predicted octanol–water partition coefficient (Wildman–Crippen LogP) is -0.118. The molecule has 1 aliphatic heterocycles. The maximum atomic E-state index is 11.1. The summed E-state index contributed by atoms with van der Waals surface area (Å²) < 4.78 is 0. The number of hydrogen-bond donors (Lipinski definition) is 3. The zero-order valence-electron chi connectivity index (χ0n) is 9.80. The van der Waals surface area contributed by atoms with Gasteiger partial charge in [0.2, 0.25) is 5.91 Å². The predicted molar refractivity (Wildman–Crippen MR) is 65.9 cm³/mol. The highest BCUT2D eigenvalue weighted by Crippen LogP contribution is 2.17. The van der Waals surface area contributed by atoms with Crippen LogP contribution in [0, 0.1) is 0 Å². The lowest BCUT2D eigenvalue weighted by molar-refractivity contribution is -0.138. The summed E-state index contributed by atoms with van der Waals surface area (Å²) in [5, 5.41) is 10.5. The van der Waals surface area contributed by atoms with Crippen LogP contribution in [0.25, 0.3) is 0 Å². The molecule has 0 saturated carbocycles. The van der Waals surface area contributed by atoms with Gasteiger partial charge in [-0.1, -0.05) is 12.1 Å². The van der Waals surface area contributed by atoms with E-state index in [1.165, 1.54) is 0 Å². The van der Waals surface area contributed by atoms with E-state index in [2.05, 4.69) is 5.43 Å². The van der Waals surface area contributed by atoms with Crippen LogP contribution in [0.2, 0.25) is 0 Å². The summed E-state index contributed by atoms with van der Waals surface area (Å²) >= 11 is 0. The number of carboxylic acid groups (broad SMARTS) is 1. The van der Waals surface area contributed by atoms with Gasteiger partial charge >= 0.3 is 5.97 Å². The van der Waals surface area contributed by atoms with Crippen LogP contribution in [0.3, 0.4) is 0 Å². The van der Waals surface area contributed by atoms with Crippen molar-refractivity contribution in [1.29, 1.82) is 0 Å². The Bertz CT molecular complexity index is 458. The Morgan fingerprint density at radius 1 is 1.44 bits per heavy atom. The molecule has 0 spiro atoms. The number of nitrogens with zero attached hydrogens (tertiary/aromatic N) is 1. The summed E-state index contributed by atoms with van der Waals surface area (Å²) in [7, 11) is 0. The average Bonchev–Trinajstić information content (AvgIpc) is 2.76. The first-order valence-corrected chi connectivity index (χ1v) is 5.70. The molecule has 1 aromatic carbocycles. The highest BCUT2D eigenvalue weighted by atomic mass is 16.4. The van der Waals surface area contributed by atoms with E-state index >= 15 is 0 Å². The van der Waals surface area contributed by atoms with Crippen LogP contribution in [0.1, 0.15) is 12.0 Å². The van der Waals surface area contributed by atoms with Gasteiger partial charge in [-0.25, -0.2) is 0 Å². The molecule has 1 fully saturated rings. The molecule has 1 saturated heterocycles. The van der Waals surface area contributed by atoms with E-state index in [1.807, 2.05) is 24.3 Å². The Morgan fingerprint density at radius 3 is 2.61 bits per heavy atom. The smallest absolute Gasteiger partial charge is 0.320 e. The lowest BCUT2D eigenvalue weighted by Crippen LogP contribution is -2.33. The largest absolute Gasteiger partial charge is 0.480 e. The number of benzene rings is 1. The first-order chi connectivity index (χ1) is 8.56. The second-order valence-electron chi connectivity index (χ2n) is 4.25. The van der Waals surface area contributed by atoms with Gasteiger partial charge in [-0.3, -0.25) is 20.0 Å². The fraction of sp³-hybridized carbons (Fsp3) is 0.333. The second kappa shape index (κ2) is 5.05. The van der Waals surface area contributed by atoms with Crippen LogP contribution in [0.4, 0.5) is 5.69 Å². The molecule has 1 amide bonds. The third-order valence-electron chi connectivity index (χ3n) is 2.84. The van der Waals surface area contributed by atoms with E-state index < -0.39 is 12.0 Å². The number of nitrogens with one attached hydrogen (secondary N) is 1. The van der Waals surface area contributed by atoms with Gasteiger partial charge in [0, 0.05) is 13.0 Å². The first kappa shape index (κ1) is 12.4. The summed E-state index contributed by atoms with van der Waals surface area (Å²) in [6.45, 7) is 0.646. The summed E-state index contributed by atoms with van der Waals surface area (Å²) in [6.07, 6.45) is 0.785. The molecule has 2 rings (SSSR count). The molecule has 4 N–H and O–H groups in total. The number of carbonyl (C=O) groups is 2. The van der Waals surface area contributed by atoms with Gasteiger partial charge in [-0.05, 0) is 24.1 Å². The van der Waals surface area contributed by atoms with Gasteiger partial charge < -0.3 is 10.8 Å². The number of aliphatic carboxylic acids is 1. The van der Waals surface area contributed by atoms with Gasteiger partial charge in [0.1, 0.15) is 6.04 Å². The minimum Gasteiger partial charge on any atom is -0.480 e. The molecule has 0 aromatic heterocycles. The SMILES string of the molecule is NC(Cc1ccc(N2CCC(=O)N2)cc1)C(=O)O. The van der Waals surface area contributed by atoms with E-state index in [4.69, 9.17) is 10.8 Å². The summed E-state index contributed by atoms with van der Waals surface area (Å²) in [5.74, 6) is -1.00. The lowest BCUT2D eigenvalue weighted by atomic mass is 10.1. The van der Waals surface area contributed by atoms with E-state index in [0.717, 1.165) is 11.3 Å². The third-order valence-corrected chi connectivity index (χ3v) is 2.84. The Morgan fingerprint density at radius 2 is 2.11 bits per heavy atom. The zero-order chi connectivity index (χ0) is 13.1. The maximum absolute atomic E-state index is 11.1. The monoisotopic (exact) mass is 249 g/mol. The molecule has 96 valence electrons. The van der Waals surface area contributed by atoms with Crippen LogP contribution in [0.15, 0.2) is 24.3 Å². The summed E-state index contributed by atoms with van der Waals surface area (Å²) in [6, 6.07) is 6.44. The molecular weight excluding hydrogens is 234 g/mol. The van der Waals surface area contributed by atoms with Gasteiger partial charge in [-0.15, -0.1) is 0 Å². The third kappa shape index (κ3) is 2.78. The van der Waals surface area contributed by atoms with Gasteiger partial charge in [-0.2, -0.15) is 0 Å². The molecule has 1 atom stereocenters. The first-order valence-electron chi connectivity index (χ1n) is 5.70. The van der Waals surface area contributed by atoms with Crippen molar-refractivity contribution in [1.82, 2.24) is 5.43 Å². The molecule has 0 radical (unpaired) electrons. The van der Waals surface area contributed by atoms with Crippen LogP contribution < -0.4 is 16.2 Å². The van der Waals surface area contributed by atoms with Crippen LogP contribution in [0.5, 0.6) is 0 Å². The van der Waals surface area contributed by atoms with E-state index in [9.17, 15) is 9.59 Å². The molecule has 1 aliphatic rings. The zero-order valence-corrected chi connectivity index (χ0v) is 9.80. The molecule has 0 bridgehead atoms. The van der Waals surface area contributed by atoms with E-state index in [1.54, 1.807) is 5.01 Å². The molecular formula is C12H15N3O3. The fourth-order valence-electron chi connectivity index (χ4n) is 1.82. The molecule has 1 heterocycles. The van der Waals surface area contributed by atoms with Crippen molar-refractivity contribution in [3.05, 3.63) is 29.8 Å². The summed E-state index contributed by atoms with van der Waals surface area (Å²) in [4.78, 5) is 21.7. The van der Waals surface area contributed by atoms with Gasteiger partial charge in [0.15, 0.2) is 0 Å². The lowest BCUT2D eigenvalue weighted by Gasteiger charge is -2.17. The van der Waals surface area contributed by atoms with Crippen molar-refractivity contribution < 1.29 is 14.7 Å². The van der Waals surface area contributed by atoms with Crippen molar-refractivity contribution >= 4 is 17.6 Å². The van der Waals surface area contributed by atoms with Crippen molar-refractivity contribution in [2.75, 3.05) is 11.6 Å². The maximum Gasteiger partial charge on any atom is 0.320 e. The number of hydrazine groups is 1. The number of hydrogen-bond acceptors (Lipinski definition) is 4. The number of rotatable bonds is 4. The number of amides is 1. The average molecular weight is 249 g/mol. The van der Waals surface area contributed by atoms with Crippen molar-refractivity contribution in [3.63, 3.8) is 0 Å². The highest BCUT2D eigenvalue weighted by molar-refractivity contribution is 5.81. The van der Waals surface area contributed by atoms with Crippen molar-refractivity contribution in [2.24, 2.45) is 5.73 Å². The molecule has 0 aliphatic carbocycles. The van der Waals surface area contributed by atoms with Crippen LogP contribution in [-0.2, 0) is 16.0 Å². The van der Waals surface area contributed by atoms with Crippen molar-refractivity contribution in [3.8, 4) is 0 Å². The topological polar surface area (TPSA) is 95.7 Å². The normalized spacial score (nSPS) is 16.5. The molecule has 18 heavy (non-hydrogen) atoms. The van der Waals surface area contributed by atoms with Crippen LogP contribution in [-0.4, -0.2) is 29.6 Å². The Hall–Kier alpha value is -2.08. The fourth-order valence-corrected chi connectivity index (χ4v) is 1.82. The second-order valence-corrected chi connectivity index (χ2v) is 4.25. The molecule has 6 heteroatoms. The van der Waals surface area contributed by atoms with Crippen LogP contribution >= 0.6 is 0 Å². The quantitative estimate of drug-likeness (QED) is 0.691. The standard InChI is InChI=1S/C12H15N3O3/c13-10(12(17)18)7-8-1-3-9(4-2-8)15-6-5-11(16)14-15/h1-4,10H,5-7,13H2,(H,14,16)(H,17,18). The number of carbonyl (C=O) groups excluding carboxylic acids is 1. The van der Waals surface area contributed by atoms with Crippen molar-refractivity contribution in [2.45, 2.75) is 18.9 Å². The summed E-state index contributed by atoms with van der Waals surface area (Å²) in [5.41, 5.74) is 9.93. The highest BCUT2D eigenvalue weighted by Gasteiger charge is 2.18. The minimum atomic E-state index is -1.01. The van der Waals surface area contributed by atoms with Gasteiger partial charge in [0.25, 0.3) is 0 Å². The number of carboxylic acids is 1. The Labute approximate surface area is 104 Å². The van der Waals surface area contributed by atoms with Gasteiger partial charge in [0.05, 0.1) is 5.69 Å². The number of anilines is 1. The van der Waals surface area contributed by atoms with E-state index in [-0.39, 0.29) is 5.91 Å².